The van der Waals surface area contributed by atoms with Crippen LogP contribution in [0.5, 0.6) is 5.75 Å². The van der Waals surface area contributed by atoms with Crippen molar-refractivity contribution in [3.8, 4) is 5.75 Å². The highest BCUT2D eigenvalue weighted by molar-refractivity contribution is 6.33. The summed E-state index contributed by atoms with van der Waals surface area (Å²) in [4.78, 5) is 34.7. The Bertz CT molecular complexity index is 1610. The van der Waals surface area contributed by atoms with Crippen molar-refractivity contribution in [2.24, 2.45) is 17.6 Å². The van der Waals surface area contributed by atoms with Crippen molar-refractivity contribution in [3.63, 3.8) is 0 Å². The van der Waals surface area contributed by atoms with Gasteiger partial charge in [-0.05, 0) is 30.3 Å². The first-order valence-electron chi connectivity index (χ1n) is 13.3. The molecule has 4 N–H and O–H groups in total. The molecule has 3 aromatic rings. The summed E-state index contributed by atoms with van der Waals surface area (Å²) in [5, 5.41) is 6.42. The van der Waals surface area contributed by atoms with Gasteiger partial charge in [-0.1, -0.05) is 18.5 Å². The van der Waals surface area contributed by atoms with Gasteiger partial charge in [-0.25, -0.2) is 18.6 Å². The van der Waals surface area contributed by atoms with Crippen LogP contribution in [0.1, 0.15) is 6.92 Å². The number of carbonyl (C=O) groups excluding carboxylic acids is 1. The molecule has 2 aliphatic heterocycles. The number of amides is 1. The summed E-state index contributed by atoms with van der Waals surface area (Å²) >= 11 is 6.48. The number of alkyl halides is 2. The Kier molecular flexibility index (Phi) is 8.23. The van der Waals surface area contributed by atoms with E-state index in [9.17, 15) is 18.4 Å². The highest BCUT2D eigenvalue weighted by Crippen LogP contribution is 2.40. The minimum Gasteiger partial charge on any atom is -0.478 e. The number of carbonyl (C=O) groups is 1. The third kappa shape index (κ3) is 5.70. The van der Waals surface area contributed by atoms with Crippen molar-refractivity contribution in [3.05, 3.63) is 57.1 Å². The Balaban J connectivity index is 1.49. The van der Waals surface area contributed by atoms with Crippen LogP contribution in [-0.4, -0.2) is 67.4 Å². The van der Waals surface area contributed by atoms with E-state index in [0.717, 1.165) is 0 Å². The van der Waals surface area contributed by atoms with E-state index in [2.05, 4.69) is 20.5 Å². The van der Waals surface area contributed by atoms with Crippen molar-refractivity contribution >= 4 is 51.4 Å². The van der Waals surface area contributed by atoms with Gasteiger partial charge < -0.3 is 35.3 Å². The summed E-state index contributed by atoms with van der Waals surface area (Å²) in [5.74, 6) is -3.84. The van der Waals surface area contributed by atoms with Gasteiger partial charge >= 0.3 is 0 Å². The standard InChI is InChI=1S/C28H30ClF2N7O4/c1-15-9-37(11-23(32)28(15,30)31)26-20(33-2)8-19(29)25(36-26)35-18-4-5-21-17(6-18)7-22(42-14-24(39)34-3)27(40)38(21)10-16-12-41-13-16/h4-8,15-16,23H,9-14,32H2,1,3H3,(H,34,39)(H,35,36)/t15-,23+/m0/s1. The van der Waals surface area contributed by atoms with Crippen LogP contribution >= 0.6 is 11.6 Å². The molecule has 2 fully saturated rings. The fraction of sp³-hybridized carbons (Fsp3) is 0.429. The van der Waals surface area contributed by atoms with Crippen LogP contribution in [-0.2, 0) is 16.1 Å². The maximum Gasteiger partial charge on any atom is 0.293 e. The molecule has 0 unspecified atom stereocenters. The molecule has 0 radical (unpaired) electrons. The van der Waals surface area contributed by atoms with Crippen LogP contribution in [0, 0.1) is 18.4 Å². The lowest BCUT2D eigenvalue weighted by Gasteiger charge is -2.41. The van der Waals surface area contributed by atoms with E-state index in [1.165, 1.54) is 20.0 Å². The lowest BCUT2D eigenvalue weighted by molar-refractivity contribution is -0.122. The van der Waals surface area contributed by atoms with Gasteiger partial charge in [0.05, 0.1) is 36.4 Å². The van der Waals surface area contributed by atoms with Gasteiger partial charge in [-0.15, -0.1) is 0 Å². The quantitative estimate of drug-likeness (QED) is 0.335. The molecule has 1 aromatic carbocycles. The molecule has 42 heavy (non-hydrogen) atoms. The van der Waals surface area contributed by atoms with E-state index < -0.39 is 17.9 Å². The number of piperidine rings is 1. The number of pyridine rings is 2. The predicted molar refractivity (Wildman–Crippen MR) is 155 cm³/mol. The Morgan fingerprint density at radius 2 is 2.07 bits per heavy atom. The summed E-state index contributed by atoms with van der Waals surface area (Å²) < 4.78 is 41.2. The smallest absolute Gasteiger partial charge is 0.293 e. The molecule has 0 bridgehead atoms. The zero-order valence-electron chi connectivity index (χ0n) is 23.0. The van der Waals surface area contributed by atoms with E-state index in [-0.39, 0.29) is 65.2 Å². The summed E-state index contributed by atoms with van der Waals surface area (Å²) in [7, 11) is 1.48. The minimum absolute atomic E-state index is 0.0238. The number of fused-ring (bicyclic) bond motifs is 1. The molecule has 2 aliphatic rings. The molecule has 4 heterocycles. The van der Waals surface area contributed by atoms with Crippen LogP contribution in [0.25, 0.3) is 15.7 Å². The summed E-state index contributed by atoms with van der Waals surface area (Å²) in [5.41, 5.74) is 6.77. The molecule has 11 nitrogen and oxygen atoms in total. The maximum absolute atomic E-state index is 14.4. The van der Waals surface area contributed by atoms with Gasteiger partial charge in [0.1, 0.15) is 11.6 Å². The van der Waals surface area contributed by atoms with E-state index in [4.69, 9.17) is 33.4 Å². The van der Waals surface area contributed by atoms with Crippen molar-refractivity contribution in [1.29, 1.82) is 0 Å². The van der Waals surface area contributed by atoms with Gasteiger partial charge in [-0.2, -0.15) is 0 Å². The van der Waals surface area contributed by atoms with Gasteiger partial charge in [0.2, 0.25) is 5.69 Å². The topological polar surface area (TPSA) is 128 Å². The van der Waals surface area contributed by atoms with Crippen LogP contribution in [0.2, 0.25) is 5.02 Å². The molecule has 0 saturated carbocycles. The number of nitrogens with two attached hydrogens (primary N) is 1. The third-order valence-electron chi connectivity index (χ3n) is 7.53. The van der Waals surface area contributed by atoms with Gasteiger partial charge in [0, 0.05) is 49.6 Å². The van der Waals surface area contributed by atoms with Crippen LogP contribution in [0.15, 0.2) is 35.1 Å². The van der Waals surface area contributed by atoms with E-state index in [1.54, 1.807) is 33.7 Å². The highest BCUT2D eigenvalue weighted by atomic mass is 35.5. The molecule has 5 rings (SSSR count). The second-order valence-corrected chi connectivity index (χ2v) is 11.0. The average Bonchev–Trinajstić information content (AvgIpc) is 2.94. The molecule has 2 saturated heterocycles. The van der Waals surface area contributed by atoms with Gasteiger partial charge in [0.25, 0.3) is 17.4 Å². The molecule has 14 heteroatoms. The van der Waals surface area contributed by atoms with Crippen molar-refractivity contribution < 1.29 is 23.0 Å². The highest BCUT2D eigenvalue weighted by Gasteiger charge is 2.48. The first kappa shape index (κ1) is 29.5. The van der Waals surface area contributed by atoms with E-state index >= 15 is 0 Å². The molecule has 222 valence electrons. The Morgan fingerprint density at radius 1 is 1.31 bits per heavy atom. The van der Waals surface area contributed by atoms with Crippen molar-refractivity contribution in [2.75, 3.05) is 50.2 Å². The lowest BCUT2D eigenvalue weighted by Crippen LogP contribution is -2.60. The van der Waals surface area contributed by atoms with Gasteiger partial charge in [-0.3, -0.25) is 9.59 Å². The van der Waals surface area contributed by atoms with Crippen molar-refractivity contribution in [1.82, 2.24) is 14.9 Å². The summed E-state index contributed by atoms with van der Waals surface area (Å²) in [6.07, 6.45) is 0. The molecule has 2 atom stereocenters. The largest absolute Gasteiger partial charge is 0.478 e. The molecule has 2 aromatic heterocycles. The average molecular weight is 602 g/mol. The fourth-order valence-corrected chi connectivity index (χ4v) is 5.21. The SMILES string of the molecule is [C-]#[N+]c1cc(Cl)c(Nc2ccc3c(c2)cc(OCC(=O)NC)c(=O)n3CC2COC2)nc1N1C[C@@H](N)C(F)(F)[C@@H](C)C1. The molecule has 1 amide bonds. The normalized spacial score (nSPS) is 20.1. The first-order valence-corrected chi connectivity index (χ1v) is 13.7. The molecule has 0 aliphatic carbocycles. The molecular formula is C28H30ClF2N7O4. The summed E-state index contributed by atoms with van der Waals surface area (Å²) in [6, 6.07) is 6.88. The lowest BCUT2D eigenvalue weighted by atomic mass is 9.91. The number of hydrogen-bond acceptors (Lipinski definition) is 8. The van der Waals surface area contributed by atoms with Crippen LogP contribution in [0.3, 0.4) is 0 Å². The van der Waals surface area contributed by atoms with E-state index in [1.807, 2.05) is 0 Å². The number of hydrogen-bond donors (Lipinski definition) is 3. The maximum atomic E-state index is 14.4. The van der Waals surface area contributed by atoms with Crippen molar-refractivity contribution in [2.45, 2.75) is 25.4 Å². The number of nitrogens with zero attached hydrogens (tertiary/aromatic N) is 4. The zero-order valence-corrected chi connectivity index (χ0v) is 23.8. The third-order valence-corrected chi connectivity index (χ3v) is 7.82. The number of likely N-dealkylation sites (N-methyl/N-ethyl adjacent to an activating group) is 1. The molecule has 0 spiro atoms. The number of rotatable bonds is 8. The number of benzene rings is 1. The monoisotopic (exact) mass is 601 g/mol. The van der Waals surface area contributed by atoms with Crippen LogP contribution in [0.4, 0.5) is 31.8 Å². The predicted octanol–water partition coefficient (Wildman–Crippen LogP) is 3.53. The summed E-state index contributed by atoms with van der Waals surface area (Å²) in [6.45, 7) is 9.98. The number of aromatic nitrogens is 2. The number of anilines is 3. The number of halogens is 3. The zero-order chi connectivity index (χ0) is 30.2. The second kappa shape index (κ2) is 11.7. The first-order chi connectivity index (χ1) is 20.0. The van der Waals surface area contributed by atoms with E-state index in [0.29, 0.717) is 36.3 Å². The Labute approximate surface area is 245 Å². The Hall–Kier alpha value is -3.99. The molecular weight excluding hydrogens is 572 g/mol. The minimum atomic E-state index is -3.04. The van der Waals surface area contributed by atoms with Crippen LogP contribution < -0.4 is 31.6 Å². The number of ether oxygens (including phenoxy) is 2. The second-order valence-electron chi connectivity index (χ2n) is 10.5. The fourth-order valence-electron chi connectivity index (χ4n) is 5.02. The number of nitrogens with one attached hydrogen (secondary N) is 2. The van der Waals surface area contributed by atoms with Gasteiger partial charge in [0.15, 0.2) is 12.4 Å². The Morgan fingerprint density at radius 3 is 2.71 bits per heavy atom.